The van der Waals surface area contributed by atoms with E-state index in [4.69, 9.17) is 68.5 Å². The molecule has 0 saturated carbocycles. The van der Waals surface area contributed by atoms with E-state index < -0.39 is 14.0 Å². The van der Waals surface area contributed by atoms with Gasteiger partial charge in [-0.3, -0.25) is 0 Å². The smallest absolute Gasteiger partial charge is 0.195 e. The van der Waals surface area contributed by atoms with Crippen LogP contribution in [0.25, 0.3) is 0 Å². The largest absolute Gasteiger partial charge is 0.219 e. The van der Waals surface area contributed by atoms with Crippen LogP contribution in [-0.4, -0.2) is 14.0 Å². The van der Waals surface area contributed by atoms with Gasteiger partial charge in [-0.2, -0.15) is 10.5 Å². The quantitative estimate of drug-likeness (QED) is 0.744. The van der Waals surface area contributed by atoms with Crippen molar-refractivity contribution in [2.45, 2.75) is 20.5 Å². The highest BCUT2D eigenvalue weighted by Crippen LogP contribution is 2.37. The Morgan fingerprint density at radius 1 is 1.08 bits per heavy atom. The fourth-order valence-corrected chi connectivity index (χ4v) is 1.37. The van der Waals surface area contributed by atoms with Crippen LogP contribution < -0.4 is 0 Å². The third-order valence-corrected chi connectivity index (χ3v) is 3.02. The van der Waals surface area contributed by atoms with Crippen LogP contribution in [0.1, 0.15) is 6.42 Å². The van der Waals surface area contributed by atoms with Gasteiger partial charge in [0.15, 0.2) is 0 Å². The van der Waals surface area contributed by atoms with Crippen molar-refractivity contribution in [3.8, 4) is 12.1 Å². The lowest BCUT2D eigenvalue weighted by Crippen LogP contribution is -2.30. The first-order valence-electron chi connectivity index (χ1n) is 2.97. The topological polar surface area (TPSA) is 47.6 Å². The average molecular weight is 280 g/mol. The van der Waals surface area contributed by atoms with Crippen LogP contribution in [0.5, 0.6) is 0 Å². The molecule has 1 unspecified atom stereocenters. The van der Waals surface area contributed by atoms with Crippen LogP contribution in [0.4, 0.5) is 0 Å². The highest BCUT2D eigenvalue weighted by atomic mass is 35.5. The highest BCUT2D eigenvalue weighted by molar-refractivity contribution is 6.55. The van der Waals surface area contributed by atoms with Gasteiger partial charge in [0.2, 0.25) is 8.67 Å². The lowest BCUT2D eigenvalue weighted by molar-refractivity contribution is 0.727. The van der Waals surface area contributed by atoms with Crippen LogP contribution >= 0.6 is 58.0 Å². The van der Waals surface area contributed by atoms with Crippen LogP contribution in [0, 0.1) is 22.7 Å². The van der Waals surface area contributed by atoms with Gasteiger partial charge in [-0.05, 0) is 0 Å². The molecule has 0 fully saturated rings. The summed E-state index contributed by atoms with van der Waals surface area (Å²) in [6.45, 7) is 0. The third-order valence-electron chi connectivity index (χ3n) is 1.14. The maximum Gasteiger partial charge on any atom is 0.219 e. The van der Waals surface area contributed by atoms with Gasteiger partial charge in [0.25, 0.3) is 0 Å². The molecule has 0 aliphatic heterocycles. The van der Waals surface area contributed by atoms with Gasteiger partial charge >= 0.3 is 0 Å². The molecule has 0 amide bonds. The van der Waals surface area contributed by atoms with Crippen molar-refractivity contribution in [3.63, 3.8) is 0 Å². The first-order valence-corrected chi connectivity index (χ1v) is 4.92. The summed E-state index contributed by atoms with van der Waals surface area (Å²) in [5.74, 6) is 0. The molecule has 72 valence electrons. The second-order valence-electron chi connectivity index (χ2n) is 2.22. The fourth-order valence-electron chi connectivity index (χ4n) is 0.469. The Morgan fingerprint density at radius 2 is 1.54 bits per heavy atom. The molecule has 0 aromatic heterocycles. The van der Waals surface area contributed by atoms with Gasteiger partial charge in [0, 0.05) is 6.42 Å². The van der Waals surface area contributed by atoms with E-state index in [0.717, 1.165) is 0 Å². The van der Waals surface area contributed by atoms with E-state index in [1.165, 1.54) is 0 Å². The van der Waals surface area contributed by atoms with E-state index >= 15 is 0 Å². The van der Waals surface area contributed by atoms with Crippen LogP contribution in [0.2, 0.25) is 0 Å². The molecule has 0 N–H and O–H groups in total. The van der Waals surface area contributed by atoms with Crippen molar-refractivity contribution in [2.24, 2.45) is 0 Å². The number of hydrogen-bond donors (Lipinski definition) is 0. The van der Waals surface area contributed by atoms with Gasteiger partial charge in [-0.1, -0.05) is 46.4 Å². The molecule has 7 heteroatoms. The molecule has 0 bridgehead atoms. The molecule has 0 spiro atoms. The molecule has 0 saturated heterocycles. The number of nitrogens with zero attached hydrogens (tertiary/aromatic N) is 2. The Hall–Kier alpha value is 0.430. The Kier molecular flexibility index (Phi) is 4.94. The third kappa shape index (κ3) is 4.45. The average Bonchev–Trinajstić information content (AvgIpc) is 2.04. The molecule has 0 heterocycles. The van der Waals surface area contributed by atoms with Gasteiger partial charge in [-0.25, -0.2) is 0 Å². The van der Waals surface area contributed by atoms with E-state index in [2.05, 4.69) is 0 Å². The molecule has 0 radical (unpaired) electrons. The van der Waals surface area contributed by atoms with Gasteiger partial charge < -0.3 is 0 Å². The van der Waals surface area contributed by atoms with E-state index in [9.17, 15) is 0 Å². The Balaban J connectivity index is 4.44. The Morgan fingerprint density at radius 3 is 1.85 bits per heavy atom. The zero-order chi connectivity index (χ0) is 10.7. The molecular formula is C6H3Cl5N2. The lowest BCUT2D eigenvalue weighted by Gasteiger charge is -2.20. The second-order valence-corrected chi connectivity index (χ2v) is 5.62. The predicted molar refractivity (Wildman–Crippen MR) is 54.4 cm³/mol. The van der Waals surface area contributed by atoms with E-state index in [0.29, 0.717) is 0 Å². The number of nitriles is 2. The molecule has 0 aliphatic rings. The summed E-state index contributed by atoms with van der Waals surface area (Å²) in [5.41, 5.74) is 0. The molecule has 1 atom stereocenters. The minimum Gasteiger partial charge on any atom is -0.195 e. The molecular weight excluding hydrogens is 277 g/mol. The summed E-state index contributed by atoms with van der Waals surface area (Å²) >= 11 is 27.5. The molecule has 0 aliphatic carbocycles. The lowest BCUT2D eigenvalue weighted by atomic mass is 10.2. The van der Waals surface area contributed by atoms with Crippen molar-refractivity contribution < 1.29 is 0 Å². The molecule has 13 heavy (non-hydrogen) atoms. The zero-order valence-electron chi connectivity index (χ0n) is 6.07. The second kappa shape index (κ2) is 4.78. The van der Waals surface area contributed by atoms with Crippen LogP contribution in [-0.2, 0) is 0 Å². The van der Waals surface area contributed by atoms with Crippen molar-refractivity contribution in [1.82, 2.24) is 0 Å². The van der Waals surface area contributed by atoms with Crippen molar-refractivity contribution in [1.29, 1.82) is 10.5 Å². The molecule has 0 aromatic carbocycles. The summed E-state index contributed by atoms with van der Waals surface area (Å²) in [4.78, 5) is 0. The van der Waals surface area contributed by atoms with Gasteiger partial charge in [0.1, 0.15) is 12.1 Å². The summed E-state index contributed by atoms with van der Waals surface area (Å²) in [5, 5.41) is 15.9. The minimum absolute atomic E-state index is 0.200. The number of alkyl halides is 5. The van der Waals surface area contributed by atoms with E-state index in [1.54, 1.807) is 12.1 Å². The normalized spacial score (nSPS) is 14.4. The summed E-state index contributed by atoms with van der Waals surface area (Å²) in [6.07, 6.45) is -0.200. The Labute approximate surface area is 101 Å². The minimum atomic E-state index is -1.80. The van der Waals surface area contributed by atoms with Crippen molar-refractivity contribution >= 4 is 58.0 Å². The first kappa shape index (κ1) is 13.4. The number of rotatable bonds is 3. The van der Waals surface area contributed by atoms with Crippen LogP contribution in [0.15, 0.2) is 0 Å². The Bertz CT molecular complexity index is 261. The maximum atomic E-state index is 8.47. The van der Waals surface area contributed by atoms with Crippen LogP contribution in [0.3, 0.4) is 0 Å². The van der Waals surface area contributed by atoms with Crippen molar-refractivity contribution in [2.75, 3.05) is 0 Å². The molecule has 0 aromatic rings. The molecule has 2 nitrogen and oxygen atoms in total. The highest BCUT2D eigenvalue weighted by Gasteiger charge is 2.39. The van der Waals surface area contributed by atoms with Gasteiger partial charge in [-0.15, -0.1) is 11.6 Å². The van der Waals surface area contributed by atoms with Gasteiger partial charge in [0.05, 0.1) is 5.38 Å². The predicted octanol–water partition coefficient (Wildman–Crippen LogP) is 3.38. The standard InChI is InChI=1S/C6H3Cl5N2/c7-4(6(10,11)3-13)1-5(8,9)2-12/h4H,1H2. The van der Waals surface area contributed by atoms with E-state index in [-0.39, 0.29) is 6.42 Å². The number of hydrogen-bond acceptors (Lipinski definition) is 2. The summed E-state index contributed by atoms with van der Waals surface area (Å²) in [6, 6.07) is 3.15. The maximum absolute atomic E-state index is 8.47. The monoisotopic (exact) mass is 278 g/mol. The van der Waals surface area contributed by atoms with E-state index in [1.807, 2.05) is 0 Å². The SMILES string of the molecule is N#CC(Cl)(Cl)CC(Cl)C(Cl)(Cl)C#N. The first-order chi connectivity index (χ1) is 5.75. The summed E-state index contributed by atoms with van der Waals surface area (Å²) in [7, 11) is 0. The van der Waals surface area contributed by atoms with Crippen molar-refractivity contribution in [3.05, 3.63) is 0 Å². The number of halogens is 5. The molecule has 0 rings (SSSR count). The fraction of sp³-hybridized carbons (Fsp3) is 0.667. The zero-order valence-corrected chi connectivity index (χ0v) is 9.85. The summed E-state index contributed by atoms with van der Waals surface area (Å²) < 4.78 is -3.48.